The predicted molar refractivity (Wildman–Crippen MR) is 141 cm³/mol. The van der Waals surface area contributed by atoms with Crippen LogP contribution in [0.4, 0.5) is 23.7 Å². The van der Waals surface area contributed by atoms with Crippen molar-refractivity contribution < 1.29 is 32.3 Å². The summed E-state index contributed by atoms with van der Waals surface area (Å²) in [6.07, 6.45) is -4.11. The molecule has 0 radical (unpaired) electrons. The lowest BCUT2D eigenvalue weighted by Crippen LogP contribution is -2.47. The Morgan fingerprint density at radius 2 is 1.69 bits per heavy atom. The Hall–Kier alpha value is -3.60. The zero-order valence-electron chi connectivity index (χ0n) is 22.8. The van der Waals surface area contributed by atoms with Crippen LogP contribution in [0, 0.1) is 13.8 Å². The average molecular weight is 549 g/mol. The number of hydrogen-bond acceptors (Lipinski definition) is 5. The summed E-state index contributed by atoms with van der Waals surface area (Å²) in [5.74, 6) is -1.41. The fourth-order valence-corrected chi connectivity index (χ4v) is 4.00. The van der Waals surface area contributed by atoms with E-state index in [1.165, 1.54) is 11.1 Å². The Morgan fingerprint density at radius 3 is 2.28 bits per heavy atom. The van der Waals surface area contributed by atoms with E-state index in [1.807, 2.05) is 19.9 Å². The van der Waals surface area contributed by atoms with E-state index < -0.39 is 52.9 Å². The molecule has 0 aromatic heterocycles. The normalized spacial score (nSPS) is 14.4. The maximum Gasteiger partial charge on any atom is 0.416 e. The molecule has 1 aliphatic rings. The first-order valence-electron chi connectivity index (χ1n) is 12.6. The molecule has 212 valence electrons. The standard InChI is InChI=1S/C28H35F3N4O4/c1-17-6-7-19(18(2)12-17)14-32-16-27(10-11-27)35-23(36)15-33-24(37)21-13-20(28(29,30)31)8-9-22(21)34-25(38)39-26(3,4)5/h6-9,12-13,32H,10-11,14-16H2,1-5H3,(H,33,37)(H,34,38)(H,35,36). The van der Waals surface area contributed by atoms with Gasteiger partial charge in [0.25, 0.3) is 5.91 Å². The molecule has 0 saturated heterocycles. The zero-order valence-corrected chi connectivity index (χ0v) is 22.8. The number of benzene rings is 2. The minimum Gasteiger partial charge on any atom is -0.444 e. The maximum absolute atomic E-state index is 13.3. The molecule has 0 aliphatic heterocycles. The second-order valence-corrected chi connectivity index (χ2v) is 10.9. The van der Waals surface area contributed by atoms with Crippen molar-refractivity contribution >= 4 is 23.6 Å². The van der Waals surface area contributed by atoms with Crippen LogP contribution < -0.4 is 21.3 Å². The lowest BCUT2D eigenvalue weighted by atomic mass is 10.1. The lowest BCUT2D eigenvalue weighted by Gasteiger charge is -2.21. The SMILES string of the molecule is Cc1ccc(CNCC2(NC(=O)CNC(=O)c3cc(C(F)(F)F)ccc3NC(=O)OC(C)(C)C)CC2)c(C)c1. The molecule has 39 heavy (non-hydrogen) atoms. The minimum atomic E-state index is -4.71. The van der Waals surface area contributed by atoms with Gasteiger partial charge in [-0.15, -0.1) is 0 Å². The van der Waals surface area contributed by atoms with Gasteiger partial charge in [-0.2, -0.15) is 13.2 Å². The van der Waals surface area contributed by atoms with Gasteiger partial charge in [0.05, 0.1) is 28.9 Å². The van der Waals surface area contributed by atoms with Gasteiger partial charge in [-0.1, -0.05) is 23.8 Å². The van der Waals surface area contributed by atoms with Crippen LogP contribution in [0.25, 0.3) is 0 Å². The summed E-state index contributed by atoms with van der Waals surface area (Å²) in [7, 11) is 0. The van der Waals surface area contributed by atoms with E-state index in [0.29, 0.717) is 19.2 Å². The monoisotopic (exact) mass is 548 g/mol. The van der Waals surface area contributed by atoms with Crippen molar-refractivity contribution in [2.75, 3.05) is 18.4 Å². The third-order valence-electron chi connectivity index (χ3n) is 6.17. The summed E-state index contributed by atoms with van der Waals surface area (Å²) in [6.45, 7) is 9.68. The van der Waals surface area contributed by atoms with E-state index in [4.69, 9.17) is 4.74 Å². The third-order valence-corrected chi connectivity index (χ3v) is 6.17. The van der Waals surface area contributed by atoms with Gasteiger partial charge in [-0.25, -0.2) is 4.79 Å². The number of hydrogen-bond donors (Lipinski definition) is 4. The first-order valence-corrected chi connectivity index (χ1v) is 12.6. The van der Waals surface area contributed by atoms with Gasteiger partial charge in [0, 0.05) is 13.1 Å². The van der Waals surface area contributed by atoms with Crippen molar-refractivity contribution in [1.82, 2.24) is 16.0 Å². The number of carbonyl (C=O) groups is 3. The Morgan fingerprint density at radius 1 is 1.00 bits per heavy atom. The van der Waals surface area contributed by atoms with Gasteiger partial charge in [-0.05, 0) is 76.8 Å². The molecule has 8 nitrogen and oxygen atoms in total. The largest absolute Gasteiger partial charge is 0.444 e. The molecule has 0 bridgehead atoms. The van der Waals surface area contributed by atoms with Crippen LogP contribution in [0.1, 0.15) is 66.2 Å². The molecule has 2 aromatic carbocycles. The van der Waals surface area contributed by atoms with Crippen LogP contribution in [0.5, 0.6) is 0 Å². The number of carbonyl (C=O) groups excluding carboxylic acids is 3. The topological polar surface area (TPSA) is 109 Å². The Kier molecular flexibility index (Phi) is 8.94. The molecule has 0 unspecified atom stereocenters. The number of halogens is 3. The van der Waals surface area contributed by atoms with Crippen LogP contribution in [-0.2, 0) is 22.3 Å². The highest BCUT2D eigenvalue weighted by molar-refractivity contribution is 6.04. The highest BCUT2D eigenvalue weighted by atomic mass is 19.4. The molecule has 3 rings (SSSR count). The molecule has 11 heteroatoms. The fraction of sp³-hybridized carbons (Fsp3) is 0.464. The number of alkyl halides is 3. The van der Waals surface area contributed by atoms with Gasteiger partial charge >= 0.3 is 12.3 Å². The zero-order chi connectivity index (χ0) is 29.0. The van der Waals surface area contributed by atoms with Crippen molar-refractivity contribution in [3.05, 3.63) is 64.2 Å². The van der Waals surface area contributed by atoms with Crippen molar-refractivity contribution in [1.29, 1.82) is 0 Å². The summed E-state index contributed by atoms with van der Waals surface area (Å²) in [5.41, 5.74) is 0.536. The summed E-state index contributed by atoms with van der Waals surface area (Å²) in [6, 6.07) is 8.55. The summed E-state index contributed by atoms with van der Waals surface area (Å²) in [5, 5.41) is 10.9. The van der Waals surface area contributed by atoms with Gasteiger partial charge < -0.3 is 20.7 Å². The van der Waals surface area contributed by atoms with E-state index in [9.17, 15) is 27.6 Å². The molecule has 1 aliphatic carbocycles. The second kappa shape index (κ2) is 11.6. The summed E-state index contributed by atoms with van der Waals surface area (Å²) < 4.78 is 45.0. The third kappa shape index (κ3) is 8.98. The lowest BCUT2D eigenvalue weighted by molar-refractivity contribution is -0.137. The van der Waals surface area contributed by atoms with Gasteiger partial charge in [0.15, 0.2) is 0 Å². The molecule has 0 heterocycles. The van der Waals surface area contributed by atoms with E-state index in [1.54, 1.807) is 20.8 Å². The molecule has 4 N–H and O–H groups in total. The van der Waals surface area contributed by atoms with Crippen LogP contribution in [-0.4, -0.2) is 42.1 Å². The van der Waals surface area contributed by atoms with Crippen molar-refractivity contribution in [3.63, 3.8) is 0 Å². The Balaban J connectivity index is 1.59. The van der Waals surface area contributed by atoms with Crippen molar-refractivity contribution in [3.8, 4) is 0 Å². The smallest absolute Gasteiger partial charge is 0.416 e. The summed E-state index contributed by atoms with van der Waals surface area (Å²) >= 11 is 0. The van der Waals surface area contributed by atoms with Gasteiger partial charge in [0.2, 0.25) is 5.91 Å². The van der Waals surface area contributed by atoms with Gasteiger partial charge in [-0.3, -0.25) is 14.9 Å². The number of nitrogens with one attached hydrogen (secondary N) is 4. The molecular weight excluding hydrogens is 513 g/mol. The molecule has 1 fully saturated rings. The van der Waals surface area contributed by atoms with Crippen LogP contribution in [0.2, 0.25) is 0 Å². The number of ether oxygens (including phenoxy) is 1. The van der Waals surface area contributed by atoms with Crippen molar-refractivity contribution in [2.24, 2.45) is 0 Å². The average Bonchev–Trinajstić information content (AvgIpc) is 3.56. The van der Waals surface area contributed by atoms with E-state index in [2.05, 4.69) is 33.4 Å². The minimum absolute atomic E-state index is 0.176. The Labute approximate surface area is 226 Å². The van der Waals surface area contributed by atoms with Crippen molar-refractivity contribution in [2.45, 2.75) is 71.3 Å². The predicted octanol–water partition coefficient (Wildman–Crippen LogP) is 4.84. The molecule has 1 saturated carbocycles. The highest BCUT2D eigenvalue weighted by Gasteiger charge is 2.43. The molecule has 0 spiro atoms. The quantitative estimate of drug-likeness (QED) is 0.359. The molecule has 3 amide bonds. The highest BCUT2D eigenvalue weighted by Crippen LogP contribution is 2.35. The van der Waals surface area contributed by atoms with Gasteiger partial charge in [0.1, 0.15) is 5.60 Å². The number of anilines is 1. The molecular formula is C28H35F3N4O4. The Bertz CT molecular complexity index is 1230. The first kappa shape index (κ1) is 29.9. The number of amides is 3. The second-order valence-electron chi connectivity index (χ2n) is 10.9. The number of rotatable bonds is 9. The van der Waals surface area contributed by atoms with Crippen LogP contribution in [0.3, 0.4) is 0 Å². The fourth-order valence-electron chi connectivity index (χ4n) is 4.00. The first-order chi connectivity index (χ1) is 18.1. The van der Waals surface area contributed by atoms with E-state index in [-0.39, 0.29) is 5.69 Å². The molecule has 0 atom stereocenters. The summed E-state index contributed by atoms with van der Waals surface area (Å²) in [4.78, 5) is 37.6. The number of aryl methyl sites for hydroxylation is 2. The van der Waals surface area contributed by atoms with Crippen LogP contribution in [0.15, 0.2) is 36.4 Å². The molecule has 2 aromatic rings. The maximum atomic E-state index is 13.3. The van der Waals surface area contributed by atoms with E-state index >= 15 is 0 Å². The van der Waals surface area contributed by atoms with E-state index in [0.717, 1.165) is 30.5 Å². The van der Waals surface area contributed by atoms with Crippen LogP contribution >= 0.6 is 0 Å².